The largest absolute Gasteiger partial charge is 0.357 e. The van der Waals surface area contributed by atoms with Gasteiger partial charge in [-0.1, -0.05) is 37.0 Å². The maximum Gasteiger partial charge on any atom is 0.227 e. The van der Waals surface area contributed by atoms with E-state index in [2.05, 4.69) is 16.4 Å². The molecule has 0 bridgehead atoms. The van der Waals surface area contributed by atoms with Gasteiger partial charge in [-0.3, -0.25) is 4.79 Å². The Hall–Kier alpha value is -1.70. The van der Waals surface area contributed by atoms with E-state index in [-0.39, 0.29) is 18.2 Å². The lowest BCUT2D eigenvalue weighted by Gasteiger charge is -2.11. The zero-order chi connectivity index (χ0) is 17.1. The van der Waals surface area contributed by atoms with Crippen molar-refractivity contribution < 1.29 is 4.79 Å². The van der Waals surface area contributed by atoms with Crippen LogP contribution < -0.4 is 5.32 Å². The summed E-state index contributed by atoms with van der Waals surface area (Å²) in [6, 6.07) is 3.87. The third-order valence-electron chi connectivity index (χ3n) is 3.94. The molecule has 2 heterocycles. The SMILES string of the molecule is CC.CC1C(=O)NCCc2[nH]c3c(Cl)c(Cl)cc(CC#N)c3c21. The number of rotatable bonds is 1. The molecule has 0 radical (unpaired) electrons. The number of nitrogens with one attached hydrogen (secondary N) is 2. The first-order valence-electron chi connectivity index (χ1n) is 7.70. The lowest BCUT2D eigenvalue weighted by atomic mass is 9.93. The average Bonchev–Trinajstić information content (AvgIpc) is 2.87. The number of benzene rings is 1. The second-order valence-electron chi connectivity index (χ2n) is 5.20. The fourth-order valence-electron chi connectivity index (χ4n) is 2.97. The summed E-state index contributed by atoms with van der Waals surface area (Å²) in [5, 5.41) is 13.6. The highest BCUT2D eigenvalue weighted by molar-refractivity contribution is 6.45. The first-order valence-corrected chi connectivity index (χ1v) is 8.46. The molecular formula is C17H19Cl2N3O. The molecule has 1 amide bonds. The standard InChI is InChI=1S/C15H13Cl2N3O.C2H6/c1-7-11-10(3-5-19-15(7)21)20-14-12(11)8(2-4-18)6-9(16)13(14)17;1-2/h6-7,20H,2-3,5H2,1H3,(H,19,21);1-2H3. The van der Waals surface area contributed by atoms with Gasteiger partial charge in [-0.05, 0) is 24.1 Å². The summed E-state index contributed by atoms with van der Waals surface area (Å²) < 4.78 is 0. The van der Waals surface area contributed by atoms with E-state index in [1.165, 1.54) is 0 Å². The molecule has 2 aromatic rings. The van der Waals surface area contributed by atoms with E-state index in [0.29, 0.717) is 23.0 Å². The van der Waals surface area contributed by atoms with Crippen molar-refractivity contribution in [2.24, 2.45) is 0 Å². The van der Waals surface area contributed by atoms with Crippen LogP contribution in [-0.2, 0) is 17.6 Å². The van der Waals surface area contributed by atoms with Gasteiger partial charge < -0.3 is 10.3 Å². The molecule has 23 heavy (non-hydrogen) atoms. The predicted molar refractivity (Wildman–Crippen MR) is 94.1 cm³/mol. The maximum atomic E-state index is 12.1. The second kappa shape index (κ2) is 7.25. The molecule has 1 aromatic heterocycles. The van der Waals surface area contributed by atoms with Gasteiger partial charge in [0.15, 0.2) is 0 Å². The molecule has 0 saturated heterocycles. The quantitative estimate of drug-likeness (QED) is 0.801. The minimum absolute atomic E-state index is 0.0105. The lowest BCUT2D eigenvalue weighted by molar-refractivity contribution is -0.121. The van der Waals surface area contributed by atoms with Crippen molar-refractivity contribution in [2.45, 2.75) is 39.5 Å². The third kappa shape index (κ3) is 3.04. The summed E-state index contributed by atoms with van der Waals surface area (Å²) in [6.07, 6.45) is 0.937. The molecule has 4 nitrogen and oxygen atoms in total. The van der Waals surface area contributed by atoms with Crippen LogP contribution in [0.2, 0.25) is 10.0 Å². The fraction of sp³-hybridized carbons (Fsp3) is 0.412. The van der Waals surface area contributed by atoms with Crippen LogP contribution in [0.15, 0.2) is 6.07 Å². The molecular weight excluding hydrogens is 333 g/mol. The van der Waals surface area contributed by atoms with Gasteiger partial charge in [0.1, 0.15) is 0 Å². The van der Waals surface area contributed by atoms with Gasteiger partial charge in [0.2, 0.25) is 5.91 Å². The molecule has 1 unspecified atom stereocenters. The van der Waals surface area contributed by atoms with Gasteiger partial charge >= 0.3 is 0 Å². The van der Waals surface area contributed by atoms with Gasteiger partial charge in [-0.15, -0.1) is 0 Å². The van der Waals surface area contributed by atoms with Crippen LogP contribution in [0.1, 0.15) is 43.5 Å². The van der Waals surface area contributed by atoms with Crippen molar-refractivity contribution in [1.29, 1.82) is 5.26 Å². The molecule has 0 fully saturated rings. The Balaban J connectivity index is 0.000000924. The smallest absolute Gasteiger partial charge is 0.227 e. The van der Waals surface area contributed by atoms with Crippen LogP contribution in [0.5, 0.6) is 0 Å². The third-order valence-corrected chi connectivity index (χ3v) is 4.73. The van der Waals surface area contributed by atoms with Crippen LogP contribution >= 0.6 is 23.2 Å². The van der Waals surface area contributed by atoms with Crippen LogP contribution in [-0.4, -0.2) is 17.4 Å². The predicted octanol–water partition coefficient (Wildman–Crippen LogP) is 4.34. The summed E-state index contributed by atoms with van der Waals surface area (Å²) in [5.41, 5.74) is 3.45. The molecule has 1 atom stereocenters. The number of carbonyl (C=O) groups is 1. The number of aromatic amines is 1. The number of nitriles is 1. The van der Waals surface area contributed by atoms with Crippen molar-refractivity contribution in [3.8, 4) is 6.07 Å². The molecule has 3 rings (SSSR count). The lowest BCUT2D eigenvalue weighted by Crippen LogP contribution is -2.26. The highest BCUT2D eigenvalue weighted by atomic mass is 35.5. The minimum Gasteiger partial charge on any atom is -0.357 e. The van der Waals surface area contributed by atoms with E-state index in [1.54, 1.807) is 6.07 Å². The number of halogens is 2. The second-order valence-corrected chi connectivity index (χ2v) is 5.98. The summed E-state index contributed by atoms with van der Waals surface area (Å²) in [5.74, 6) is -0.297. The highest BCUT2D eigenvalue weighted by Gasteiger charge is 2.28. The van der Waals surface area contributed by atoms with Crippen LogP contribution in [0.3, 0.4) is 0 Å². The normalized spacial score (nSPS) is 16.7. The van der Waals surface area contributed by atoms with Crippen molar-refractivity contribution in [3.05, 3.63) is 32.9 Å². The number of aromatic nitrogens is 1. The molecule has 2 N–H and O–H groups in total. The average molecular weight is 352 g/mol. The Morgan fingerprint density at radius 3 is 2.74 bits per heavy atom. The minimum atomic E-state index is -0.286. The van der Waals surface area contributed by atoms with E-state index >= 15 is 0 Å². The maximum absolute atomic E-state index is 12.1. The molecule has 122 valence electrons. The van der Waals surface area contributed by atoms with Crippen LogP contribution in [0.4, 0.5) is 0 Å². The Bertz CT molecular complexity index is 789. The summed E-state index contributed by atoms with van der Waals surface area (Å²) in [7, 11) is 0. The number of hydrogen-bond donors (Lipinski definition) is 2. The Labute approximate surface area is 145 Å². The molecule has 1 aliphatic heterocycles. The first kappa shape index (κ1) is 17.7. The van der Waals surface area contributed by atoms with Gasteiger partial charge in [0, 0.05) is 24.0 Å². The Kier molecular flexibility index (Phi) is 5.56. The molecule has 0 spiro atoms. The van der Waals surface area contributed by atoms with Crippen LogP contribution in [0, 0.1) is 11.3 Å². The molecule has 0 aliphatic carbocycles. The topological polar surface area (TPSA) is 68.7 Å². The Morgan fingerprint density at radius 1 is 1.39 bits per heavy atom. The number of hydrogen-bond acceptors (Lipinski definition) is 2. The molecule has 0 saturated carbocycles. The number of carbonyl (C=O) groups excluding carboxylic acids is 1. The fourth-order valence-corrected chi connectivity index (χ4v) is 3.39. The zero-order valence-electron chi connectivity index (χ0n) is 13.4. The van der Waals surface area contributed by atoms with Crippen molar-refractivity contribution in [2.75, 3.05) is 6.54 Å². The number of fused-ring (bicyclic) bond motifs is 3. The monoisotopic (exact) mass is 351 g/mol. The number of amides is 1. The first-order chi connectivity index (χ1) is 11.0. The van der Waals surface area contributed by atoms with Gasteiger partial charge in [0.25, 0.3) is 0 Å². The van der Waals surface area contributed by atoms with Crippen molar-refractivity contribution >= 4 is 40.0 Å². The van der Waals surface area contributed by atoms with E-state index in [0.717, 1.165) is 27.7 Å². The van der Waals surface area contributed by atoms with Gasteiger partial charge in [-0.2, -0.15) is 5.26 Å². The molecule has 1 aliphatic rings. The van der Waals surface area contributed by atoms with Crippen molar-refractivity contribution in [3.63, 3.8) is 0 Å². The van der Waals surface area contributed by atoms with Crippen molar-refractivity contribution in [1.82, 2.24) is 10.3 Å². The summed E-state index contributed by atoms with van der Waals surface area (Å²) >= 11 is 12.4. The van der Waals surface area contributed by atoms with E-state index in [9.17, 15) is 4.79 Å². The highest BCUT2D eigenvalue weighted by Crippen LogP contribution is 2.40. The van der Waals surface area contributed by atoms with Gasteiger partial charge in [0.05, 0.1) is 34.0 Å². The Morgan fingerprint density at radius 2 is 2.09 bits per heavy atom. The number of nitrogens with zero attached hydrogens (tertiary/aromatic N) is 1. The molecule has 1 aromatic carbocycles. The number of H-pyrrole nitrogens is 1. The van der Waals surface area contributed by atoms with E-state index in [1.807, 2.05) is 20.8 Å². The zero-order valence-corrected chi connectivity index (χ0v) is 14.9. The van der Waals surface area contributed by atoms with E-state index < -0.39 is 0 Å². The van der Waals surface area contributed by atoms with E-state index in [4.69, 9.17) is 28.5 Å². The summed E-state index contributed by atoms with van der Waals surface area (Å²) in [6.45, 7) is 6.45. The summed E-state index contributed by atoms with van der Waals surface area (Å²) in [4.78, 5) is 15.4. The molecule has 6 heteroatoms. The van der Waals surface area contributed by atoms with Gasteiger partial charge in [-0.25, -0.2) is 0 Å². The van der Waals surface area contributed by atoms with Crippen LogP contribution in [0.25, 0.3) is 10.9 Å².